The van der Waals surface area contributed by atoms with Crippen LogP contribution in [-0.4, -0.2) is 34.3 Å². The van der Waals surface area contributed by atoms with Gasteiger partial charge in [0.2, 0.25) is 5.13 Å². The van der Waals surface area contributed by atoms with E-state index in [4.69, 9.17) is 5.84 Å². The Bertz CT molecular complexity index is 498. The van der Waals surface area contributed by atoms with Crippen molar-refractivity contribution in [3.8, 4) is 0 Å². The molecule has 0 radical (unpaired) electrons. The van der Waals surface area contributed by atoms with Crippen molar-refractivity contribution >= 4 is 34.0 Å². The molecule has 2 aromatic heterocycles. The maximum Gasteiger partial charge on any atom is 0.208 e. The van der Waals surface area contributed by atoms with Crippen molar-refractivity contribution in [2.75, 3.05) is 24.4 Å². The zero-order valence-corrected chi connectivity index (χ0v) is 10.9. The first-order valence-electron chi connectivity index (χ1n) is 4.66. The Morgan fingerprint density at radius 3 is 2.82 bits per heavy atom. The predicted molar refractivity (Wildman–Crippen MR) is 68.2 cm³/mol. The van der Waals surface area contributed by atoms with Crippen molar-refractivity contribution in [3.63, 3.8) is 0 Å². The zero-order valence-electron chi connectivity index (χ0n) is 9.28. The molecule has 90 valence electrons. The van der Waals surface area contributed by atoms with Crippen molar-refractivity contribution < 1.29 is 0 Å². The number of nitrogen functional groups attached to an aromatic ring is 1. The molecule has 0 amide bonds. The molecule has 0 saturated carbocycles. The van der Waals surface area contributed by atoms with Crippen LogP contribution in [0.15, 0.2) is 21.8 Å². The number of nitrogens with two attached hydrogens (primary N) is 1. The summed E-state index contributed by atoms with van der Waals surface area (Å²) in [7, 11) is 3.85. The largest absolute Gasteiger partial charge is 0.353 e. The van der Waals surface area contributed by atoms with Gasteiger partial charge in [-0.3, -0.25) is 4.98 Å². The van der Waals surface area contributed by atoms with E-state index in [-0.39, 0.29) is 0 Å². The molecule has 0 spiro atoms. The molecule has 0 bridgehead atoms. The van der Waals surface area contributed by atoms with Crippen LogP contribution < -0.4 is 16.2 Å². The first-order valence-corrected chi connectivity index (χ1v) is 6.29. The summed E-state index contributed by atoms with van der Waals surface area (Å²) >= 11 is 2.90. The standard InChI is InChI=1S/C8H11N7S2/c1-15(2)7-13-14-8(17-7)16-6-4-10-3-5(11-6)12-9/h3-4H,9H2,1-2H3,(H,11,12). The highest BCUT2D eigenvalue weighted by molar-refractivity contribution is 8.01. The van der Waals surface area contributed by atoms with Crippen molar-refractivity contribution in [3.05, 3.63) is 12.4 Å². The highest BCUT2D eigenvalue weighted by Crippen LogP contribution is 2.31. The number of hydrogen-bond acceptors (Lipinski definition) is 9. The summed E-state index contributed by atoms with van der Waals surface area (Å²) < 4.78 is 0.817. The van der Waals surface area contributed by atoms with E-state index in [9.17, 15) is 0 Å². The summed E-state index contributed by atoms with van der Waals surface area (Å²) in [5, 5.41) is 9.68. The third-order valence-electron chi connectivity index (χ3n) is 1.73. The lowest BCUT2D eigenvalue weighted by Gasteiger charge is -2.03. The number of hydrogen-bond donors (Lipinski definition) is 2. The van der Waals surface area contributed by atoms with Crippen LogP contribution in [0.3, 0.4) is 0 Å². The predicted octanol–water partition coefficient (Wildman–Crippen LogP) is 0.831. The molecule has 0 aliphatic carbocycles. The van der Waals surface area contributed by atoms with Crippen molar-refractivity contribution in [1.29, 1.82) is 0 Å². The molecule has 0 aromatic carbocycles. The summed E-state index contributed by atoms with van der Waals surface area (Å²) in [5.41, 5.74) is 2.45. The minimum atomic E-state index is 0.521. The maximum atomic E-state index is 5.26. The van der Waals surface area contributed by atoms with Gasteiger partial charge in [-0.25, -0.2) is 10.8 Å². The molecule has 0 atom stereocenters. The summed E-state index contributed by atoms with van der Waals surface area (Å²) in [6.45, 7) is 0. The summed E-state index contributed by atoms with van der Waals surface area (Å²) in [4.78, 5) is 10.2. The fraction of sp³-hybridized carbons (Fsp3) is 0.250. The maximum absolute atomic E-state index is 5.26. The molecule has 17 heavy (non-hydrogen) atoms. The monoisotopic (exact) mass is 269 g/mol. The Labute approximate surface area is 106 Å². The van der Waals surface area contributed by atoms with Gasteiger partial charge in [0, 0.05) is 14.1 Å². The van der Waals surface area contributed by atoms with Gasteiger partial charge in [0.25, 0.3) is 0 Å². The van der Waals surface area contributed by atoms with Gasteiger partial charge < -0.3 is 10.3 Å². The first-order chi connectivity index (χ1) is 8.19. The summed E-state index contributed by atoms with van der Waals surface area (Å²) in [5.74, 6) is 5.78. The minimum absolute atomic E-state index is 0.521. The lowest BCUT2D eigenvalue weighted by atomic mass is 10.7. The van der Waals surface area contributed by atoms with Gasteiger partial charge in [-0.15, -0.1) is 10.2 Å². The van der Waals surface area contributed by atoms with E-state index in [1.54, 1.807) is 12.4 Å². The van der Waals surface area contributed by atoms with E-state index in [2.05, 4.69) is 25.6 Å². The number of hydrazine groups is 1. The van der Waals surface area contributed by atoms with Gasteiger partial charge in [-0.05, 0) is 11.8 Å². The second kappa shape index (κ2) is 5.25. The summed E-state index contributed by atoms with van der Waals surface area (Å²) in [6.07, 6.45) is 3.21. The van der Waals surface area contributed by atoms with E-state index in [1.807, 2.05) is 19.0 Å². The van der Waals surface area contributed by atoms with Crippen LogP contribution in [0.4, 0.5) is 10.9 Å². The number of nitrogens with one attached hydrogen (secondary N) is 1. The van der Waals surface area contributed by atoms with Crippen LogP contribution in [0, 0.1) is 0 Å². The fourth-order valence-electron chi connectivity index (χ4n) is 0.981. The Morgan fingerprint density at radius 2 is 2.18 bits per heavy atom. The van der Waals surface area contributed by atoms with E-state index in [0.717, 1.165) is 14.5 Å². The molecule has 0 aliphatic heterocycles. The molecule has 0 aliphatic rings. The van der Waals surface area contributed by atoms with Crippen molar-refractivity contribution in [2.45, 2.75) is 9.37 Å². The van der Waals surface area contributed by atoms with Crippen LogP contribution in [0.1, 0.15) is 0 Å². The lowest BCUT2D eigenvalue weighted by molar-refractivity contribution is 0.968. The van der Waals surface area contributed by atoms with Crippen LogP contribution in [0.25, 0.3) is 0 Å². The van der Waals surface area contributed by atoms with Gasteiger partial charge in [-0.1, -0.05) is 11.3 Å². The molecule has 0 unspecified atom stereocenters. The van der Waals surface area contributed by atoms with Gasteiger partial charge in [0.1, 0.15) is 5.03 Å². The minimum Gasteiger partial charge on any atom is -0.353 e. The average Bonchev–Trinajstić information content (AvgIpc) is 2.78. The van der Waals surface area contributed by atoms with Crippen LogP contribution in [-0.2, 0) is 0 Å². The molecular formula is C8H11N7S2. The van der Waals surface area contributed by atoms with Crippen molar-refractivity contribution in [2.24, 2.45) is 5.84 Å². The smallest absolute Gasteiger partial charge is 0.208 e. The number of anilines is 2. The Hall–Kier alpha value is -1.45. The van der Waals surface area contributed by atoms with Gasteiger partial charge >= 0.3 is 0 Å². The highest BCUT2D eigenvalue weighted by atomic mass is 32.2. The number of aromatic nitrogens is 4. The molecule has 2 rings (SSSR count). The van der Waals surface area contributed by atoms with Gasteiger partial charge in [0.05, 0.1) is 12.4 Å². The lowest BCUT2D eigenvalue weighted by Crippen LogP contribution is -2.08. The number of nitrogens with zero attached hydrogens (tertiary/aromatic N) is 5. The Morgan fingerprint density at radius 1 is 1.35 bits per heavy atom. The van der Waals surface area contributed by atoms with Gasteiger partial charge in [-0.2, -0.15) is 0 Å². The molecule has 9 heteroatoms. The Kier molecular flexibility index (Phi) is 3.71. The first kappa shape index (κ1) is 12.0. The number of rotatable bonds is 4. The molecule has 2 aromatic rings. The van der Waals surface area contributed by atoms with E-state index in [0.29, 0.717) is 5.82 Å². The van der Waals surface area contributed by atoms with E-state index < -0.39 is 0 Å². The average molecular weight is 269 g/mol. The Balaban J connectivity index is 2.13. The van der Waals surface area contributed by atoms with Crippen molar-refractivity contribution in [1.82, 2.24) is 20.2 Å². The fourth-order valence-corrected chi connectivity index (χ4v) is 2.65. The molecule has 2 heterocycles. The molecule has 0 saturated heterocycles. The van der Waals surface area contributed by atoms with E-state index >= 15 is 0 Å². The second-order valence-electron chi connectivity index (χ2n) is 3.23. The quantitative estimate of drug-likeness (QED) is 0.623. The third kappa shape index (κ3) is 3.02. The van der Waals surface area contributed by atoms with Gasteiger partial charge in [0.15, 0.2) is 10.2 Å². The SMILES string of the molecule is CN(C)c1nnc(Sc2cncc(NN)n2)s1. The normalized spacial score (nSPS) is 10.3. The summed E-state index contributed by atoms with van der Waals surface area (Å²) in [6, 6.07) is 0. The molecule has 7 nitrogen and oxygen atoms in total. The molecule has 0 fully saturated rings. The van der Waals surface area contributed by atoms with Crippen LogP contribution >= 0.6 is 23.1 Å². The van der Waals surface area contributed by atoms with E-state index in [1.165, 1.54) is 23.1 Å². The topological polar surface area (TPSA) is 92.9 Å². The zero-order chi connectivity index (χ0) is 12.3. The third-order valence-corrected chi connectivity index (χ3v) is 3.78. The van der Waals surface area contributed by atoms with Crippen LogP contribution in [0.2, 0.25) is 0 Å². The molecule has 3 N–H and O–H groups in total. The second-order valence-corrected chi connectivity index (χ2v) is 5.46. The van der Waals surface area contributed by atoms with Crippen LogP contribution in [0.5, 0.6) is 0 Å². The highest BCUT2D eigenvalue weighted by Gasteiger charge is 2.08. The molecular weight excluding hydrogens is 258 g/mol.